The van der Waals surface area contributed by atoms with E-state index in [1.165, 1.54) is 12.1 Å². The Bertz CT molecular complexity index is 779. The van der Waals surface area contributed by atoms with Crippen LogP contribution in [0.3, 0.4) is 0 Å². The highest BCUT2D eigenvalue weighted by atomic mass is 35.5. The van der Waals surface area contributed by atoms with Gasteiger partial charge in [0.1, 0.15) is 16.8 Å². The van der Waals surface area contributed by atoms with Crippen LogP contribution < -0.4 is 5.32 Å². The minimum absolute atomic E-state index is 0.0464. The minimum atomic E-state index is -0.690. The van der Waals surface area contributed by atoms with E-state index in [2.05, 4.69) is 10.4 Å². The number of halogens is 3. The number of aromatic nitrogens is 2. The number of nitrogens with one attached hydrogen (secondary N) is 1. The maximum absolute atomic E-state index is 13.8. The molecule has 1 aromatic heterocycles. The van der Waals surface area contributed by atoms with E-state index in [1.807, 2.05) is 0 Å². The molecule has 2 atom stereocenters. The van der Waals surface area contributed by atoms with Crippen molar-refractivity contribution in [2.75, 3.05) is 25.5 Å². The maximum Gasteiger partial charge on any atom is 0.227 e. The first kappa shape index (κ1) is 16.7. The number of likely N-dealkylation sites (N-methyl/N-ethyl adjacent to an activating group) is 1. The highest BCUT2D eigenvalue weighted by Crippen LogP contribution is 2.36. The van der Waals surface area contributed by atoms with Gasteiger partial charge in [-0.2, -0.15) is 5.10 Å². The molecule has 0 saturated carbocycles. The first-order chi connectivity index (χ1) is 11.4. The number of aryl methyl sites for hydroxylation is 1. The van der Waals surface area contributed by atoms with Crippen LogP contribution in [-0.4, -0.2) is 40.7 Å². The number of amides is 1. The first-order valence-corrected chi connectivity index (χ1v) is 7.87. The number of likely N-dealkylation sites (tertiary alicyclic amines) is 1. The molecule has 1 aromatic carbocycles. The number of carbonyl (C=O) groups is 1. The Kier molecular flexibility index (Phi) is 4.45. The van der Waals surface area contributed by atoms with Crippen molar-refractivity contribution in [3.63, 3.8) is 0 Å². The second-order valence-corrected chi connectivity index (χ2v) is 6.31. The van der Waals surface area contributed by atoms with Crippen molar-refractivity contribution in [2.45, 2.75) is 5.92 Å². The van der Waals surface area contributed by atoms with Crippen LogP contribution in [0.1, 0.15) is 11.5 Å². The van der Waals surface area contributed by atoms with Crippen molar-refractivity contribution in [1.82, 2.24) is 14.7 Å². The summed E-state index contributed by atoms with van der Waals surface area (Å²) in [5.41, 5.74) is 0.957. The monoisotopic (exact) mass is 354 g/mol. The van der Waals surface area contributed by atoms with E-state index in [9.17, 15) is 13.6 Å². The number of hydrogen-bond donors (Lipinski definition) is 1. The summed E-state index contributed by atoms with van der Waals surface area (Å²) < 4.78 is 28.3. The lowest BCUT2D eigenvalue weighted by Crippen LogP contribution is -2.27. The van der Waals surface area contributed by atoms with Gasteiger partial charge >= 0.3 is 0 Å². The molecule has 1 aliphatic heterocycles. The van der Waals surface area contributed by atoms with Crippen LogP contribution in [0.2, 0.25) is 5.15 Å². The molecular weight excluding hydrogens is 338 g/mol. The molecule has 0 bridgehead atoms. The SMILES string of the molecule is CN1C[C@H](c2cnn(C)c2Cl)[C@@H](CNc2ccc(F)cc2F)C1=O. The van der Waals surface area contributed by atoms with Crippen molar-refractivity contribution < 1.29 is 13.6 Å². The number of benzene rings is 1. The van der Waals surface area contributed by atoms with Gasteiger partial charge in [-0.25, -0.2) is 8.78 Å². The summed E-state index contributed by atoms with van der Waals surface area (Å²) in [6.45, 7) is 0.740. The normalized spacial score (nSPS) is 20.7. The number of rotatable bonds is 4. The smallest absolute Gasteiger partial charge is 0.227 e. The molecule has 5 nitrogen and oxygen atoms in total. The molecule has 3 rings (SSSR count). The van der Waals surface area contributed by atoms with Gasteiger partial charge in [-0.05, 0) is 12.1 Å². The number of nitrogens with zero attached hydrogens (tertiary/aromatic N) is 3. The van der Waals surface area contributed by atoms with E-state index >= 15 is 0 Å². The number of carbonyl (C=O) groups excluding carboxylic acids is 1. The largest absolute Gasteiger partial charge is 0.382 e. The average Bonchev–Trinajstić information content (AvgIpc) is 3.00. The molecule has 1 fully saturated rings. The first-order valence-electron chi connectivity index (χ1n) is 7.49. The molecule has 1 saturated heterocycles. The summed E-state index contributed by atoms with van der Waals surface area (Å²) in [5, 5.41) is 7.51. The van der Waals surface area contributed by atoms with Gasteiger partial charge in [0.2, 0.25) is 5.91 Å². The maximum atomic E-state index is 13.8. The van der Waals surface area contributed by atoms with Gasteiger partial charge in [-0.3, -0.25) is 9.48 Å². The molecule has 1 amide bonds. The zero-order chi connectivity index (χ0) is 17.4. The fourth-order valence-corrected chi connectivity index (χ4v) is 3.29. The molecule has 128 valence electrons. The Hall–Kier alpha value is -2.15. The van der Waals surface area contributed by atoms with E-state index in [0.29, 0.717) is 11.7 Å². The standard InChI is InChI=1S/C16H17ClF2N4O/c1-22-8-12(10-7-21-23(2)15(10)17)11(16(22)24)6-20-14-4-3-9(18)5-13(14)19/h3-5,7,11-12,20H,6,8H2,1-2H3/t11-,12-/m1/s1. The summed E-state index contributed by atoms with van der Waals surface area (Å²) in [4.78, 5) is 14.1. The van der Waals surface area contributed by atoms with Gasteiger partial charge in [0, 0.05) is 44.7 Å². The lowest BCUT2D eigenvalue weighted by Gasteiger charge is -2.17. The fraction of sp³-hybridized carbons (Fsp3) is 0.375. The van der Waals surface area contributed by atoms with Crippen molar-refractivity contribution in [3.05, 3.63) is 46.7 Å². The quantitative estimate of drug-likeness (QED) is 0.918. The van der Waals surface area contributed by atoms with Crippen LogP contribution in [0.4, 0.5) is 14.5 Å². The average molecular weight is 355 g/mol. The van der Waals surface area contributed by atoms with Gasteiger partial charge < -0.3 is 10.2 Å². The van der Waals surface area contributed by atoms with E-state index in [-0.39, 0.29) is 24.1 Å². The van der Waals surface area contributed by atoms with Gasteiger partial charge in [0.05, 0.1) is 17.8 Å². The van der Waals surface area contributed by atoms with E-state index in [4.69, 9.17) is 11.6 Å². The third kappa shape index (κ3) is 2.96. The van der Waals surface area contributed by atoms with Crippen molar-refractivity contribution in [3.8, 4) is 0 Å². The van der Waals surface area contributed by atoms with Crippen LogP contribution in [0.15, 0.2) is 24.4 Å². The topological polar surface area (TPSA) is 50.2 Å². The van der Waals surface area contributed by atoms with Crippen LogP contribution >= 0.6 is 11.6 Å². The Morgan fingerprint density at radius 1 is 1.38 bits per heavy atom. The van der Waals surface area contributed by atoms with Crippen LogP contribution in [0.25, 0.3) is 0 Å². The van der Waals surface area contributed by atoms with E-state index < -0.39 is 17.6 Å². The second kappa shape index (κ2) is 6.39. The lowest BCUT2D eigenvalue weighted by atomic mass is 9.90. The Morgan fingerprint density at radius 2 is 2.12 bits per heavy atom. The highest BCUT2D eigenvalue weighted by molar-refractivity contribution is 6.30. The molecule has 0 spiro atoms. The molecule has 0 radical (unpaired) electrons. The molecule has 2 heterocycles. The third-order valence-electron chi connectivity index (χ3n) is 4.39. The molecule has 1 aliphatic rings. The predicted molar refractivity (Wildman–Crippen MR) is 86.9 cm³/mol. The summed E-state index contributed by atoms with van der Waals surface area (Å²) in [6.07, 6.45) is 1.66. The number of hydrogen-bond acceptors (Lipinski definition) is 3. The zero-order valence-corrected chi connectivity index (χ0v) is 14.0. The van der Waals surface area contributed by atoms with Crippen LogP contribution in [0, 0.1) is 17.6 Å². The van der Waals surface area contributed by atoms with E-state index in [1.54, 1.807) is 29.9 Å². The van der Waals surface area contributed by atoms with Gasteiger partial charge in [0.15, 0.2) is 0 Å². The summed E-state index contributed by atoms with van der Waals surface area (Å²) in [6, 6.07) is 3.30. The molecule has 1 N–H and O–H groups in total. The van der Waals surface area contributed by atoms with E-state index in [0.717, 1.165) is 11.6 Å². The van der Waals surface area contributed by atoms with Crippen molar-refractivity contribution >= 4 is 23.2 Å². The summed E-state index contributed by atoms with van der Waals surface area (Å²) >= 11 is 6.26. The van der Waals surface area contributed by atoms with Gasteiger partial charge in [-0.15, -0.1) is 0 Å². The molecule has 0 aliphatic carbocycles. The summed E-state index contributed by atoms with van der Waals surface area (Å²) in [5.74, 6) is -1.92. The lowest BCUT2D eigenvalue weighted by molar-refractivity contribution is -0.129. The van der Waals surface area contributed by atoms with Gasteiger partial charge in [-0.1, -0.05) is 11.6 Å². The Labute approximate surface area is 143 Å². The zero-order valence-electron chi connectivity index (χ0n) is 13.3. The Morgan fingerprint density at radius 3 is 2.75 bits per heavy atom. The predicted octanol–water partition coefficient (Wildman–Crippen LogP) is 2.64. The highest BCUT2D eigenvalue weighted by Gasteiger charge is 2.41. The molecule has 8 heteroatoms. The minimum Gasteiger partial charge on any atom is -0.382 e. The molecule has 2 aromatic rings. The third-order valence-corrected chi connectivity index (χ3v) is 4.85. The Balaban J connectivity index is 1.81. The second-order valence-electron chi connectivity index (χ2n) is 5.95. The number of anilines is 1. The molecule has 24 heavy (non-hydrogen) atoms. The van der Waals surface area contributed by atoms with Crippen molar-refractivity contribution in [2.24, 2.45) is 13.0 Å². The summed E-state index contributed by atoms with van der Waals surface area (Å²) in [7, 11) is 3.45. The molecule has 0 unspecified atom stereocenters. The van der Waals surface area contributed by atoms with Gasteiger partial charge in [0.25, 0.3) is 0 Å². The van der Waals surface area contributed by atoms with Crippen molar-refractivity contribution in [1.29, 1.82) is 0 Å². The fourth-order valence-electron chi connectivity index (χ4n) is 3.05. The van der Waals surface area contributed by atoms with Crippen LogP contribution in [-0.2, 0) is 11.8 Å². The molecular formula is C16H17ClF2N4O. The van der Waals surface area contributed by atoms with Crippen LogP contribution in [0.5, 0.6) is 0 Å².